The number of halogens is 1. The van der Waals surface area contributed by atoms with Crippen molar-refractivity contribution in [1.82, 2.24) is 5.32 Å². The van der Waals surface area contributed by atoms with Crippen LogP contribution in [0.4, 0.5) is 0 Å². The van der Waals surface area contributed by atoms with E-state index < -0.39 is 12.2 Å². The summed E-state index contributed by atoms with van der Waals surface area (Å²) in [5.74, 6) is 0.785. The molecule has 0 aromatic rings. The van der Waals surface area contributed by atoms with E-state index in [1.54, 1.807) is 18.9 Å². The Balaban J connectivity index is 0.00000112. The first-order valence-corrected chi connectivity index (χ1v) is 5.65. The van der Waals surface area contributed by atoms with Crippen LogP contribution in [-0.4, -0.2) is 59.6 Å². The van der Waals surface area contributed by atoms with E-state index in [1.165, 1.54) is 0 Å². The molecule has 0 aromatic heterocycles. The van der Waals surface area contributed by atoms with Crippen molar-refractivity contribution in [2.24, 2.45) is 0 Å². The number of hydrogen-bond acceptors (Lipinski definition) is 6. The quantitative estimate of drug-likeness (QED) is 0.600. The molecule has 5 unspecified atom stereocenters. The summed E-state index contributed by atoms with van der Waals surface area (Å²) in [7, 11) is 1.58. The summed E-state index contributed by atoms with van der Waals surface area (Å²) in [6.45, 7) is -0.184. The second kappa shape index (κ2) is 5.67. The summed E-state index contributed by atoms with van der Waals surface area (Å²) in [5.41, 5.74) is 0. The van der Waals surface area contributed by atoms with Gasteiger partial charge < -0.3 is 25.0 Å². The highest BCUT2D eigenvalue weighted by Crippen LogP contribution is 2.34. The number of rotatable bonds is 2. The van der Waals surface area contributed by atoms with E-state index in [0.717, 1.165) is 5.88 Å². The number of ether oxygens (including phenoxy) is 2. The van der Waals surface area contributed by atoms with Crippen molar-refractivity contribution in [1.29, 1.82) is 0 Å². The van der Waals surface area contributed by atoms with E-state index in [4.69, 9.17) is 14.6 Å². The SMILES string of the molecule is COC1OC(CO)C(O)C2NCSC12.Cl. The van der Waals surface area contributed by atoms with E-state index in [2.05, 4.69) is 5.32 Å². The fourth-order valence-corrected chi connectivity index (χ4v) is 3.20. The molecule has 0 bridgehead atoms. The Labute approximate surface area is 98.9 Å². The summed E-state index contributed by atoms with van der Waals surface area (Å²) in [5, 5.41) is 22.1. The highest BCUT2D eigenvalue weighted by Gasteiger charge is 2.47. The minimum atomic E-state index is -0.661. The number of thioether (sulfide) groups is 1. The van der Waals surface area contributed by atoms with Gasteiger partial charge in [0.25, 0.3) is 0 Å². The van der Waals surface area contributed by atoms with Gasteiger partial charge in [0.15, 0.2) is 6.29 Å². The van der Waals surface area contributed by atoms with Crippen LogP contribution in [0.5, 0.6) is 0 Å². The van der Waals surface area contributed by atoms with Gasteiger partial charge in [-0.05, 0) is 0 Å². The van der Waals surface area contributed by atoms with Crippen LogP contribution in [-0.2, 0) is 9.47 Å². The molecule has 2 saturated heterocycles. The molecule has 2 heterocycles. The number of aliphatic hydroxyl groups excluding tert-OH is 2. The Morgan fingerprint density at radius 1 is 1.60 bits per heavy atom. The Bertz CT molecular complexity index is 211. The second-order valence-electron chi connectivity index (χ2n) is 3.46. The third-order valence-electron chi connectivity index (χ3n) is 2.69. The summed E-state index contributed by atoms with van der Waals surface area (Å²) >= 11 is 1.67. The maximum Gasteiger partial charge on any atom is 0.171 e. The average Bonchev–Trinajstić information content (AvgIpc) is 2.68. The van der Waals surface area contributed by atoms with Crippen LogP contribution in [0, 0.1) is 0 Å². The van der Waals surface area contributed by atoms with E-state index in [1.807, 2.05) is 0 Å². The minimum Gasteiger partial charge on any atom is -0.394 e. The van der Waals surface area contributed by atoms with Gasteiger partial charge in [-0.1, -0.05) is 0 Å². The smallest absolute Gasteiger partial charge is 0.171 e. The van der Waals surface area contributed by atoms with E-state index in [0.29, 0.717) is 0 Å². The first-order valence-electron chi connectivity index (χ1n) is 4.60. The molecule has 3 N–H and O–H groups in total. The lowest BCUT2D eigenvalue weighted by molar-refractivity contribution is -0.222. The maximum absolute atomic E-state index is 9.84. The molecule has 0 saturated carbocycles. The van der Waals surface area contributed by atoms with Crippen LogP contribution in [0.25, 0.3) is 0 Å². The van der Waals surface area contributed by atoms with Crippen molar-refractivity contribution in [2.75, 3.05) is 19.6 Å². The largest absolute Gasteiger partial charge is 0.394 e. The molecular weight excluding hydrogens is 242 g/mol. The summed E-state index contributed by atoms with van der Waals surface area (Å²) in [6.07, 6.45) is -1.56. The fraction of sp³-hybridized carbons (Fsp3) is 1.00. The van der Waals surface area contributed by atoms with Gasteiger partial charge >= 0.3 is 0 Å². The summed E-state index contributed by atoms with van der Waals surface area (Å²) in [6, 6.07) is -0.0455. The average molecular weight is 258 g/mol. The number of methoxy groups -OCH3 is 1. The van der Waals surface area contributed by atoms with Crippen molar-refractivity contribution in [3.05, 3.63) is 0 Å². The molecule has 5 atom stereocenters. The Hall–Kier alpha value is 0.440. The Morgan fingerprint density at radius 3 is 2.93 bits per heavy atom. The topological polar surface area (TPSA) is 71.0 Å². The van der Waals surface area contributed by atoms with Gasteiger partial charge in [-0.2, -0.15) is 0 Å². The van der Waals surface area contributed by atoms with Gasteiger partial charge in [0.2, 0.25) is 0 Å². The highest BCUT2D eigenvalue weighted by atomic mass is 35.5. The van der Waals surface area contributed by atoms with Crippen LogP contribution in [0.1, 0.15) is 0 Å². The van der Waals surface area contributed by atoms with Gasteiger partial charge in [0.1, 0.15) is 6.10 Å². The van der Waals surface area contributed by atoms with E-state index >= 15 is 0 Å². The van der Waals surface area contributed by atoms with E-state index in [-0.39, 0.29) is 36.6 Å². The molecule has 2 aliphatic rings. The molecule has 0 amide bonds. The normalized spacial score (nSPS) is 44.6. The fourth-order valence-electron chi connectivity index (χ4n) is 1.93. The number of fused-ring (bicyclic) bond motifs is 1. The molecule has 7 heteroatoms. The predicted molar refractivity (Wildman–Crippen MR) is 59.2 cm³/mol. The van der Waals surface area contributed by atoms with Gasteiger partial charge in [0, 0.05) is 13.0 Å². The minimum absolute atomic E-state index is 0. The standard InChI is InChI=1S/C8H15NO4S.ClH/c1-12-8-7-5(9-3-14-7)6(11)4(2-10)13-8;/h4-11H,2-3H2,1H3;1H. The third-order valence-corrected chi connectivity index (χ3v) is 3.92. The number of aliphatic hydroxyl groups is 2. The third kappa shape index (κ3) is 2.41. The number of nitrogens with one attached hydrogen (secondary N) is 1. The molecule has 2 rings (SSSR count). The van der Waals surface area contributed by atoms with E-state index in [9.17, 15) is 5.11 Å². The molecule has 0 aromatic carbocycles. The van der Waals surface area contributed by atoms with Crippen LogP contribution in [0.15, 0.2) is 0 Å². The molecule has 0 aliphatic carbocycles. The lowest BCUT2D eigenvalue weighted by atomic mass is 9.99. The lowest BCUT2D eigenvalue weighted by Gasteiger charge is -2.39. The molecule has 15 heavy (non-hydrogen) atoms. The second-order valence-corrected chi connectivity index (χ2v) is 4.62. The summed E-state index contributed by atoms with van der Waals surface area (Å²) in [4.78, 5) is 0. The number of hydrogen-bond donors (Lipinski definition) is 3. The van der Waals surface area contributed by atoms with Crippen LogP contribution in [0.3, 0.4) is 0 Å². The van der Waals surface area contributed by atoms with Gasteiger partial charge in [-0.15, -0.1) is 24.2 Å². The van der Waals surface area contributed by atoms with Crippen LogP contribution < -0.4 is 5.32 Å². The maximum atomic E-state index is 9.84. The zero-order valence-corrected chi connectivity index (χ0v) is 9.96. The predicted octanol–water partition coefficient (Wildman–Crippen LogP) is -0.836. The van der Waals surface area contributed by atoms with Crippen molar-refractivity contribution >= 4 is 24.2 Å². The molecule has 90 valence electrons. The van der Waals surface area contributed by atoms with Gasteiger partial charge in [-0.25, -0.2) is 0 Å². The van der Waals surface area contributed by atoms with Gasteiger partial charge in [0.05, 0.1) is 24.0 Å². The van der Waals surface area contributed by atoms with Crippen molar-refractivity contribution in [2.45, 2.75) is 29.8 Å². The zero-order chi connectivity index (χ0) is 10.1. The van der Waals surface area contributed by atoms with Gasteiger partial charge in [-0.3, -0.25) is 0 Å². The summed E-state index contributed by atoms with van der Waals surface area (Å²) < 4.78 is 10.6. The molecule has 2 aliphatic heterocycles. The zero-order valence-electron chi connectivity index (χ0n) is 8.33. The van der Waals surface area contributed by atoms with Crippen LogP contribution in [0.2, 0.25) is 0 Å². The molecule has 0 spiro atoms. The Morgan fingerprint density at radius 2 is 2.33 bits per heavy atom. The molecular formula is C8H16ClNO4S. The molecule has 0 radical (unpaired) electrons. The highest BCUT2D eigenvalue weighted by molar-refractivity contribution is 8.00. The first kappa shape index (κ1) is 13.5. The van der Waals surface area contributed by atoms with Crippen molar-refractivity contribution in [3.63, 3.8) is 0 Å². The molecule has 2 fully saturated rings. The van der Waals surface area contributed by atoms with Crippen molar-refractivity contribution in [3.8, 4) is 0 Å². The Kier molecular flexibility index (Phi) is 5.11. The first-order chi connectivity index (χ1) is 6.77. The van der Waals surface area contributed by atoms with Crippen LogP contribution >= 0.6 is 24.2 Å². The molecule has 5 nitrogen and oxygen atoms in total. The van der Waals surface area contributed by atoms with Crippen molar-refractivity contribution < 1.29 is 19.7 Å². The lowest BCUT2D eigenvalue weighted by Crippen LogP contribution is -2.59. The monoisotopic (exact) mass is 257 g/mol.